The third kappa shape index (κ3) is 4.12. The van der Waals surface area contributed by atoms with Crippen molar-refractivity contribution < 1.29 is 44.6 Å². The van der Waals surface area contributed by atoms with Crippen LogP contribution in [0.1, 0.15) is 5.56 Å². The average molecular weight is 510 g/mol. The van der Waals surface area contributed by atoms with Gasteiger partial charge in [0.15, 0.2) is 34.9 Å². The lowest BCUT2D eigenvalue weighted by molar-refractivity contribution is 0.366. The molecule has 0 aliphatic rings. The number of hydrogen-bond acceptors (Lipinski definition) is 2. The first-order valence-corrected chi connectivity index (χ1v) is 10.2. The fraction of sp³-hybridized carbons (Fsp3) is 0.0769. The van der Waals surface area contributed by atoms with Crippen molar-refractivity contribution in [3.8, 4) is 39.5 Å². The van der Waals surface area contributed by atoms with E-state index in [1.807, 2.05) is 0 Å². The highest BCUT2D eigenvalue weighted by atomic mass is 19.2. The molecule has 0 aliphatic carbocycles. The molecule has 0 fully saturated rings. The van der Waals surface area contributed by atoms with Gasteiger partial charge in [-0.25, -0.2) is 26.3 Å². The van der Waals surface area contributed by atoms with Crippen LogP contribution in [0, 0.1) is 53.5 Å². The van der Waals surface area contributed by atoms with Gasteiger partial charge in [0.05, 0.1) is 18.2 Å². The van der Waals surface area contributed by atoms with E-state index in [2.05, 4.69) is 0 Å². The summed E-state index contributed by atoms with van der Waals surface area (Å²) in [6, 6.07) is 12.4. The molecule has 0 atom stereocenters. The fourth-order valence-electron chi connectivity index (χ4n) is 3.50. The number of ether oxygens (including phenoxy) is 2. The van der Waals surface area contributed by atoms with E-state index in [1.165, 1.54) is 31.4 Å². The van der Waals surface area contributed by atoms with E-state index in [9.17, 15) is 35.1 Å². The van der Waals surface area contributed by atoms with Gasteiger partial charge >= 0.3 is 0 Å². The molecule has 0 N–H and O–H groups in total. The normalized spacial score (nSPS) is 11.1. The zero-order chi connectivity index (χ0) is 26.3. The van der Waals surface area contributed by atoms with Crippen LogP contribution in [-0.2, 0) is 0 Å². The predicted octanol–water partition coefficient (Wildman–Crippen LogP) is 8.24. The van der Waals surface area contributed by atoms with Crippen LogP contribution in [0.3, 0.4) is 0 Å². The Bertz CT molecular complexity index is 1410. The minimum Gasteiger partial charge on any atom is -0.497 e. The minimum atomic E-state index is -2.31. The largest absolute Gasteiger partial charge is 0.497 e. The van der Waals surface area contributed by atoms with Gasteiger partial charge in [-0.2, -0.15) is 8.78 Å². The summed E-state index contributed by atoms with van der Waals surface area (Å²) in [6.45, 7) is 0.672. The first kappa shape index (κ1) is 25.0. The highest BCUT2D eigenvalue weighted by Gasteiger charge is 2.34. The lowest BCUT2D eigenvalue weighted by atomic mass is 9.99. The van der Waals surface area contributed by atoms with Gasteiger partial charge in [-0.1, -0.05) is 24.3 Å². The quantitative estimate of drug-likeness (QED) is 0.199. The van der Waals surface area contributed by atoms with Crippen LogP contribution in [0.2, 0.25) is 0 Å². The van der Waals surface area contributed by atoms with Crippen molar-refractivity contribution in [2.24, 2.45) is 0 Å². The van der Waals surface area contributed by atoms with Crippen molar-refractivity contribution in [2.45, 2.75) is 6.92 Å². The molecular weight excluding hydrogens is 496 g/mol. The molecular formula is C26H14F8O2. The van der Waals surface area contributed by atoms with E-state index in [-0.39, 0.29) is 5.75 Å². The van der Waals surface area contributed by atoms with E-state index < -0.39 is 69.0 Å². The minimum absolute atomic E-state index is 0.235. The predicted molar refractivity (Wildman–Crippen MR) is 115 cm³/mol. The van der Waals surface area contributed by atoms with E-state index in [0.29, 0.717) is 18.2 Å². The van der Waals surface area contributed by atoms with E-state index in [4.69, 9.17) is 9.47 Å². The summed E-state index contributed by atoms with van der Waals surface area (Å²) in [5.41, 5.74) is -3.59. The summed E-state index contributed by atoms with van der Waals surface area (Å²) < 4.78 is 125. The van der Waals surface area contributed by atoms with Crippen LogP contribution in [0.25, 0.3) is 22.3 Å². The van der Waals surface area contributed by atoms with Crippen molar-refractivity contribution >= 4 is 0 Å². The number of benzene rings is 4. The summed E-state index contributed by atoms with van der Waals surface area (Å²) in [5, 5.41) is 0. The standard InChI is InChI=1S/C26H14F8O2/c1-11-18(27)20(29)16(21(30)19(11)28)17-22(31)24(33)26(25(34)23(17)32)36-15-9-5-13(6-10-15)12-3-7-14(35-2)8-4-12/h3-10H,1-2H3. The van der Waals surface area contributed by atoms with Crippen molar-refractivity contribution in [3.63, 3.8) is 0 Å². The van der Waals surface area contributed by atoms with Crippen LogP contribution >= 0.6 is 0 Å². The first-order chi connectivity index (χ1) is 17.1. The molecule has 0 unspecified atom stereocenters. The second-order valence-electron chi connectivity index (χ2n) is 7.57. The number of methoxy groups -OCH3 is 1. The zero-order valence-corrected chi connectivity index (χ0v) is 18.5. The fourth-order valence-corrected chi connectivity index (χ4v) is 3.50. The Balaban J connectivity index is 1.74. The Hall–Kier alpha value is -4.08. The summed E-state index contributed by atoms with van der Waals surface area (Å²) in [5.74, 6) is -18.5. The molecule has 4 aromatic carbocycles. The Morgan fingerprint density at radius 1 is 0.472 bits per heavy atom. The second-order valence-corrected chi connectivity index (χ2v) is 7.57. The Morgan fingerprint density at radius 2 is 0.833 bits per heavy atom. The van der Waals surface area contributed by atoms with Crippen LogP contribution < -0.4 is 9.47 Å². The summed E-state index contributed by atoms with van der Waals surface area (Å²) in [4.78, 5) is 0. The van der Waals surface area contributed by atoms with E-state index in [0.717, 1.165) is 5.56 Å². The summed E-state index contributed by atoms with van der Waals surface area (Å²) in [7, 11) is 1.50. The van der Waals surface area contributed by atoms with Gasteiger partial charge in [0, 0.05) is 5.56 Å². The average Bonchev–Trinajstić information content (AvgIpc) is 2.90. The second kappa shape index (κ2) is 9.52. The molecule has 0 saturated carbocycles. The SMILES string of the molecule is COc1ccc(-c2ccc(Oc3c(F)c(F)c(-c4c(F)c(F)c(C)c(F)c4F)c(F)c3F)cc2)cc1. The molecule has 0 radical (unpaired) electrons. The van der Waals surface area contributed by atoms with Gasteiger partial charge in [0.2, 0.25) is 17.4 Å². The molecule has 0 bridgehead atoms. The maximum Gasteiger partial charge on any atom is 0.205 e. The smallest absolute Gasteiger partial charge is 0.205 e. The maximum absolute atomic E-state index is 14.7. The Labute approximate surface area is 199 Å². The molecule has 0 spiro atoms. The van der Waals surface area contributed by atoms with Gasteiger partial charge < -0.3 is 9.47 Å². The third-order valence-corrected chi connectivity index (χ3v) is 5.45. The van der Waals surface area contributed by atoms with Gasteiger partial charge in [-0.15, -0.1) is 0 Å². The summed E-state index contributed by atoms with van der Waals surface area (Å²) >= 11 is 0. The topological polar surface area (TPSA) is 18.5 Å². The van der Waals surface area contributed by atoms with Crippen molar-refractivity contribution in [2.75, 3.05) is 7.11 Å². The molecule has 0 heterocycles. The van der Waals surface area contributed by atoms with Gasteiger partial charge in [-0.05, 0) is 42.3 Å². The van der Waals surface area contributed by atoms with Crippen LogP contribution in [0.5, 0.6) is 17.2 Å². The molecule has 0 saturated heterocycles. The molecule has 4 rings (SSSR count). The lowest BCUT2D eigenvalue weighted by Crippen LogP contribution is -2.09. The van der Waals surface area contributed by atoms with Gasteiger partial charge in [-0.3, -0.25) is 0 Å². The lowest BCUT2D eigenvalue weighted by Gasteiger charge is -2.15. The number of hydrogen-bond donors (Lipinski definition) is 0. The highest BCUT2D eigenvalue weighted by molar-refractivity contribution is 5.69. The van der Waals surface area contributed by atoms with Crippen molar-refractivity contribution in [1.82, 2.24) is 0 Å². The van der Waals surface area contributed by atoms with Crippen LogP contribution in [0.15, 0.2) is 48.5 Å². The van der Waals surface area contributed by atoms with E-state index >= 15 is 0 Å². The zero-order valence-electron chi connectivity index (χ0n) is 18.5. The molecule has 10 heteroatoms. The Kier molecular flexibility index (Phi) is 6.62. The molecule has 0 amide bonds. The monoisotopic (exact) mass is 510 g/mol. The molecule has 2 nitrogen and oxygen atoms in total. The third-order valence-electron chi connectivity index (χ3n) is 5.45. The number of rotatable bonds is 5. The molecule has 186 valence electrons. The van der Waals surface area contributed by atoms with Crippen molar-refractivity contribution in [1.29, 1.82) is 0 Å². The molecule has 0 aliphatic heterocycles. The van der Waals surface area contributed by atoms with Crippen molar-refractivity contribution in [3.05, 3.63) is 101 Å². The van der Waals surface area contributed by atoms with Gasteiger partial charge in [0.1, 0.15) is 11.5 Å². The van der Waals surface area contributed by atoms with Crippen LogP contribution in [-0.4, -0.2) is 7.11 Å². The molecule has 36 heavy (non-hydrogen) atoms. The Morgan fingerprint density at radius 3 is 1.22 bits per heavy atom. The molecule has 4 aromatic rings. The molecule has 0 aromatic heterocycles. The van der Waals surface area contributed by atoms with Crippen LogP contribution in [0.4, 0.5) is 35.1 Å². The first-order valence-electron chi connectivity index (χ1n) is 10.2. The van der Waals surface area contributed by atoms with Gasteiger partial charge in [0.25, 0.3) is 0 Å². The summed E-state index contributed by atoms with van der Waals surface area (Å²) in [6.07, 6.45) is 0. The highest BCUT2D eigenvalue weighted by Crippen LogP contribution is 2.41. The maximum atomic E-state index is 14.7. The van der Waals surface area contributed by atoms with E-state index in [1.54, 1.807) is 24.3 Å². The number of halogens is 8.